The molecule has 3 unspecified atom stereocenters. The second-order valence-corrected chi connectivity index (χ2v) is 8.33. The molecule has 0 bridgehead atoms. The van der Waals surface area contributed by atoms with Gasteiger partial charge in [0.05, 0.1) is 11.2 Å². The molecule has 4 heteroatoms. The Morgan fingerprint density at radius 1 is 1.50 bits per heavy atom. The van der Waals surface area contributed by atoms with Crippen molar-refractivity contribution in [3.05, 3.63) is 0 Å². The van der Waals surface area contributed by atoms with Gasteiger partial charge < -0.3 is 15.2 Å². The van der Waals surface area contributed by atoms with Gasteiger partial charge in [0.1, 0.15) is 0 Å². The van der Waals surface area contributed by atoms with Crippen molar-refractivity contribution in [2.45, 2.75) is 57.7 Å². The van der Waals surface area contributed by atoms with Crippen molar-refractivity contribution in [3.63, 3.8) is 0 Å². The molecule has 0 aromatic heterocycles. The van der Waals surface area contributed by atoms with Crippen LogP contribution in [0.15, 0.2) is 0 Å². The van der Waals surface area contributed by atoms with Crippen molar-refractivity contribution in [3.8, 4) is 0 Å². The highest BCUT2D eigenvalue weighted by molar-refractivity contribution is 7.99. The van der Waals surface area contributed by atoms with Gasteiger partial charge in [-0.25, -0.2) is 0 Å². The molecule has 0 aromatic carbocycles. The predicted molar refractivity (Wildman–Crippen MR) is 86.3 cm³/mol. The minimum absolute atomic E-state index is 0.0724. The van der Waals surface area contributed by atoms with Gasteiger partial charge in [-0.15, -0.1) is 0 Å². The molecule has 0 amide bonds. The van der Waals surface area contributed by atoms with Crippen molar-refractivity contribution in [2.75, 3.05) is 31.2 Å². The lowest BCUT2D eigenvalue weighted by Crippen LogP contribution is -2.48. The molecular weight excluding hydrogens is 270 g/mol. The average Bonchev–Trinajstić information content (AvgIpc) is 2.83. The molecule has 2 aliphatic heterocycles. The zero-order chi connectivity index (χ0) is 14.6. The van der Waals surface area contributed by atoms with E-state index < -0.39 is 5.60 Å². The Hall–Kier alpha value is 0.230. The number of hydrogen-bond donors (Lipinski definition) is 2. The first-order valence-electron chi connectivity index (χ1n) is 8.08. The van der Waals surface area contributed by atoms with E-state index in [0.717, 1.165) is 51.1 Å². The van der Waals surface area contributed by atoms with Crippen molar-refractivity contribution in [1.82, 2.24) is 5.32 Å². The van der Waals surface area contributed by atoms with E-state index in [1.165, 1.54) is 5.75 Å². The summed E-state index contributed by atoms with van der Waals surface area (Å²) >= 11 is 2.00. The van der Waals surface area contributed by atoms with Crippen LogP contribution in [0.3, 0.4) is 0 Å². The third-order valence-corrected chi connectivity index (χ3v) is 6.02. The first-order chi connectivity index (χ1) is 9.44. The minimum atomic E-state index is -0.561. The fraction of sp³-hybridized carbons (Fsp3) is 1.00. The molecular formula is C16H31NO2S. The molecule has 0 aliphatic carbocycles. The molecule has 2 heterocycles. The lowest BCUT2D eigenvalue weighted by atomic mass is 9.75. The molecule has 0 saturated carbocycles. The van der Waals surface area contributed by atoms with E-state index >= 15 is 0 Å². The molecule has 118 valence electrons. The summed E-state index contributed by atoms with van der Waals surface area (Å²) in [7, 11) is 0. The molecule has 0 radical (unpaired) electrons. The van der Waals surface area contributed by atoms with E-state index in [2.05, 4.69) is 19.2 Å². The van der Waals surface area contributed by atoms with Gasteiger partial charge in [0.25, 0.3) is 0 Å². The van der Waals surface area contributed by atoms with Gasteiger partial charge in [0, 0.05) is 12.4 Å². The third kappa shape index (κ3) is 4.36. The predicted octanol–water partition coefficient (Wildman–Crippen LogP) is 2.68. The van der Waals surface area contributed by atoms with Crippen LogP contribution in [-0.2, 0) is 4.74 Å². The molecule has 3 atom stereocenters. The first kappa shape index (κ1) is 16.6. The van der Waals surface area contributed by atoms with Crippen LogP contribution in [-0.4, -0.2) is 47.5 Å². The maximum atomic E-state index is 10.8. The lowest BCUT2D eigenvalue weighted by molar-refractivity contribution is -0.128. The summed E-state index contributed by atoms with van der Waals surface area (Å²) in [6.07, 6.45) is 4.05. The highest BCUT2D eigenvalue weighted by Crippen LogP contribution is 2.44. The summed E-state index contributed by atoms with van der Waals surface area (Å²) in [6.45, 7) is 9.21. The molecule has 3 nitrogen and oxygen atoms in total. The topological polar surface area (TPSA) is 41.5 Å². The first-order valence-corrected chi connectivity index (χ1v) is 9.24. The van der Waals surface area contributed by atoms with E-state index in [0.29, 0.717) is 11.8 Å². The molecule has 20 heavy (non-hydrogen) atoms. The molecule has 2 fully saturated rings. The van der Waals surface area contributed by atoms with Crippen molar-refractivity contribution < 1.29 is 9.84 Å². The van der Waals surface area contributed by atoms with Gasteiger partial charge in [-0.2, -0.15) is 11.8 Å². The average molecular weight is 301 g/mol. The normalized spacial score (nSPS) is 33.8. The largest absolute Gasteiger partial charge is 0.390 e. The maximum Gasteiger partial charge on any atom is 0.0784 e. The number of ether oxygens (including phenoxy) is 1. The molecule has 2 aliphatic rings. The van der Waals surface area contributed by atoms with Crippen LogP contribution in [0.2, 0.25) is 0 Å². The highest BCUT2D eigenvalue weighted by Gasteiger charge is 2.45. The zero-order valence-corrected chi connectivity index (χ0v) is 14.1. The van der Waals surface area contributed by atoms with Gasteiger partial charge in [0.2, 0.25) is 0 Å². The number of rotatable bonds is 6. The van der Waals surface area contributed by atoms with Crippen LogP contribution in [0, 0.1) is 11.8 Å². The van der Waals surface area contributed by atoms with E-state index in [-0.39, 0.29) is 5.60 Å². The Bertz CT molecular complexity index is 301. The Labute approximate surface area is 128 Å². The summed E-state index contributed by atoms with van der Waals surface area (Å²) in [5.41, 5.74) is -0.489. The van der Waals surface area contributed by atoms with Gasteiger partial charge in [-0.1, -0.05) is 13.8 Å². The second kappa shape index (κ2) is 6.99. The van der Waals surface area contributed by atoms with Gasteiger partial charge in [-0.05, 0) is 63.3 Å². The molecule has 2 N–H and O–H groups in total. The summed E-state index contributed by atoms with van der Waals surface area (Å²) in [5, 5.41) is 14.3. The lowest BCUT2D eigenvalue weighted by Gasteiger charge is -2.43. The Balaban J connectivity index is 1.81. The number of thioether (sulfide) groups is 1. The van der Waals surface area contributed by atoms with Gasteiger partial charge in [-0.3, -0.25) is 0 Å². The smallest absolute Gasteiger partial charge is 0.0784 e. The maximum absolute atomic E-state index is 10.8. The summed E-state index contributed by atoms with van der Waals surface area (Å²) in [5.74, 6) is 3.38. The number of nitrogens with one attached hydrogen (secondary N) is 1. The quantitative estimate of drug-likeness (QED) is 0.740. The van der Waals surface area contributed by atoms with E-state index in [9.17, 15) is 5.11 Å². The summed E-state index contributed by atoms with van der Waals surface area (Å²) < 4.78 is 6.06. The van der Waals surface area contributed by atoms with E-state index in [1.807, 2.05) is 18.7 Å². The molecule has 1 spiro atoms. The minimum Gasteiger partial charge on any atom is -0.390 e. The Kier molecular flexibility index (Phi) is 5.80. The molecule has 2 rings (SSSR count). The van der Waals surface area contributed by atoms with Crippen molar-refractivity contribution in [1.29, 1.82) is 0 Å². The number of hydrogen-bond acceptors (Lipinski definition) is 4. The van der Waals surface area contributed by atoms with Crippen molar-refractivity contribution >= 4 is 11.8 Å². The summed E-state index contributed by atoms with van der Waals surface area (Å²) in [4.78, 5) is 0. The SMILES string of the molecule is CC(C)CNCCC(C)(O)C1CCOC2(CCSC2)C1. The fourth-order valence-electron chi connectivity index (χ4n) is 3.36. The van der Waals surface area contributed by atoms with Gasteiger partial charge in [0.15, 0.2) is 0 Å². The standard InChI is InChI=1S/C16H31NO2S/c1-13(2)11-17-7-5-15(3,18)14-4-8-19-16(10-14)6-9-20-12-16/h13-14,17-18H,4-12H2,1-3H3. The van der Waals surface area contributed by atoms with Crippen LogP contribution < -0.4 is 5.32 Å². The van der Waals surface area contributed by atoms with Crippen LogP contribution in [0.25, 0.3) is 0 Å². The van der Waals surface area contributed by atoms with Gasteiger partial charge >= 0.3 is 0 Å². The highest BCUT2D eigenvalue weighted by atomic mass is 32.2. The Morgan fingerprint density at radius 2 is 2.30 bits per heavy atom. The van der Waals surface area contributed by atoms with E-state index in [4.69, 9.17) is 4.74 Å². The molecule has 0 aromatic rings. The molecule has 2 saturated heterocycles. The number of aliphatic hydroxyl groups is 1. The summed E-state index contributed by atoms with van der Waals surface area (Å²) in [6, 6.07) is 0. The second-order valence-electron chi connectivity index (χ2n) is 7.23. The van der Waals surface area contributed by atoms with Crippen LogP contribution >= 0.6 is 11.8 Å². The van der Waals surface area contributed by atoms with Crippen LogP contribution in [0.5, 0.6) is 0 Å². The monoisotopic (exact) mass is 301 g/mol. The Morgan fingerprint density at radius 3 is 2.95 bits per heavy atom. The third-order valence-electron chi connectivity index (χ3n) is 4.80. The fourth-order valence-corrected chi connectivity index (χ4v) is 4.74. The van der Waals surface area contributed by atoms with Crippen molar-refractivity contribution in [2.24, 2.45) is 11.8 Å². The van der Waals surface area contributed by atoms with Crippen LogP contribution in [0.1, 0.15) is 46.5 Å². The van der Waals surface area contributed by atoms with Crippen LogP contribution in [0.4, 0.5) is 0 Å². The zero-order valence-electron chi connectivity index (χ0n) is 13.3. The van der Waals surface area contributed by atoms with E-state index in [1.54, 1.807) is 0 Å².